The molecule has 1 fully saturated rings. The second-order valence-corrected chi connectivity index (χ2v) is 5.98. The molecule has 1 aliphatic heterocycles. The third-order valence-electron chi connectivity index (χ3n) is 3.44. The van der Waals surface area contributed by atoms with Gasteiger partial charge in [-0.05, 0) is 33.2 Å². The van der Waals surface area contributed by atoms with Crippen LogP contribution in [-0.2, 0) is 6.54 Å². The van der Waals surface area contributed by atoms with Crippen molar-refractivity contribution in [3.8, 4) is 0 Å². The lowest BCUT2D eigenvalue weighted by Gasteiger charge is -2.32. The van der Waals surface area contributed by atoms with Crippen molar-refractivity contribution in [1.82, 2.24) is 9.88 Å². The Morgan fingerprint density at radius 1 is 1.53 bits per heavy atom. The first-order chi connectivity index (χ1) is 8.08. The number of thiazole rings is 1. The van der Waals surface area contributed by atoms with E-state index in [0.717, 1.165) is 28.7 Å². The number of aromatic nitrogens is 1. The Labute approximate surface area is 107 Å². The Morgan fingerprint density at radius 3 is 2.88 bits per heavy atom. The van der Waals surface area contributed by atoms with Crippen LogP contribution < -0.4 is 0 Å². The minimum Gasteiger partial charge on any atom is -0.294 e. The van der Waals surface area contributed by atoms with E-state index in [9.17, 15) is 4.79 Å². The lowest BCUT2D eigenvalue weighted by atomic mass is 10.0. The molecule has 1 unspecified atom stereocenters. The normalized spacial score (nSPS) is 21.7. The Bertz CT molecular complexity index is 414. The maximum atomic E-state index is 11.4. The molecule has 0 amide bonds. The molecule has 17 heavy (non-hydrogen) atoms. The fourth-order valence-electron chi connectivity index (χ4n) is 2.41. The molecular formula is C13H20N2OS. The smallest absolute Gasteiger partial charge is 0.171 e. The number of carbonyl (C=O) groups excluding carboxylic acids is 1. The van der Waals surface area contributed by atoms with Crippen molar-refractivity contribution in [3.63, 3.8) is 0 Å². The third kappa shape index (κ3) is 2.93. The van der Waals surface area contributed by atoms with Crippen LogP contribution in [0, 0.1) is 6.92 Å². The van der Waals surface area contributed by atoms with Crippen molar-refractivity contribution in [1.29, 1.82) is 0 Å². The van der Waals surface area contributed by atoms with Gasteiger partial charge in [0.15, 0.2) is 5.78 Å². The topological polar surface area (TPSA) is 33.2 Å². The molecule has 1 saturated heterocycles. The predicted molar refractivity (Wildman–Crippen MR) is 70.6 cm³/mol. The molecule has 2 rings (SSSR count). The van der Waals surface area contributed by atoms with Gasteiger partial charge >= 0.3 is 0 Å². The molecule has 0 spiro atoms. The second kappa shape index (κ2) is 5.27. The summed E-state index contributed by atoms with van der Waals surface area (Å²) >= 11 is 1.56. The van der Waals surface area contributed by atoms with Crippen LogP contribution in [0.15, 0.2) is 0 Å². The van der Waals surface area contributed by atoms with Gasteiger partial charge in [-0.3, -0.25) is 9.69 Å². The number of carbonyl (C=O) groups is 1. The van der Waals surface area contributed by atoms with Gasteiger partial charge < -0.3 is 0 Å². The summed E-state index contributed by atoms with van der Waals surface area (Å²) in [7, 11) is 0. The molecule has 3 nitrogen and oxygen atoms in total. The first-order valence-electron chi connectivity index (χ1n) is 6.29. The predicted octanol–water partition coefficient (Wildman–Crippen LogP) is 3.03. The molecular weight excluding hydrogens is 232 g/mol. The van der Waals surface area contributed by atoms with Crippen molar-refractivity contribution < 1.29 is 4.79 Å². The van der Waals surface area contributed by atoms with Gasteiger partial charge in [-0.15, -0.1) is 11.3 Å². The van der Waals surface area contributed by atoms with Gasteiger partial charge in [0.05, 0.1) is 17.1 Å². The molecule has 0 saturated carbocycles. The van der Waals surface area contributed by atoms with Gasteiger partial charge in [0.2, 0.25) is 0 Å². The van der Waals surface area contributed by atoms with Crippen LogP contribution in [0.25, 0.3) is 0 Å². The van der Waals surface area contributed by atoms with E-state index in [4.69, 9.17) is 0 Å². The monoisotopic (exact) mass is 252 g/mol. The summed E-state index contributed by atoms with van der Waals surface area (Å²) < 4.78 is 0. The molecule has 4 heteroatoms. The fraction of sp³-hybridized carbons (Fsp3) is 0.692. The van der Waals surface area contributed by atoms with Gasteiger partial charge in [0, 0.05) is 13.0 Å². The van der Waals surface area contributed by atoms with Gasteiger partial charge in [-0.25, -0.2) is 4.98 Å². The highest BCUT2D eigenvalue weighted by Gasteiger charge is 2.20. The van der Waals surface area contributed by atoms with E-state index >= 15 is 0 Å². The number of ketones is 1. The summed E-state index contributed by atoms with van der Waals surface area (Å²) in [6, 6.07) is 0.647. The SMILES string of the molecule is CC(=O)c1sc(CN2CCCCC2C)nc1C. The van der Waals surface area contributed by atoms with Gasteiger partial charge in [-0.2, -0.15) is 0 Å². The number of piperidine rings is 1. The van der Waals surface area contributed by atoms with E-state index in [2.05, 4.69) is 16.8 Å². The summed E-state index contributed by atoms with van der Waals surface area (Å²) in [4.78, 5) is 19.2. The van der Waals surface area contributed by atoms with Crippen molar-refractivity contribution in [2.75, 3.05) is 6.54 Å². The second-order valence-electron chi connectivity index (χ2n) is 4.89. The Morgan fingerprint density at radius 2 is 2.29 bits per heavy atom. The molecule has 94 valence electrons. The molecule has 1 aromatic rings. The zero-order chi connectivity index (χ0) is 12.4. The highest BCUT2D eigenvalue weighted by Crippen LogP contribution is 2.23. The molecule has 1 atom stereocenters. The van der Waals surface area contributed by atoms with Crippen molar-refractivity contribution in [2.24, 2.45) is 0 Å². The first kappa shape index (κ1) is 12.7. The van der Waals surface area contributed by atoms with Crippen LogP contribution in [0.1, 0.15) is 53.5 Å². The lowest BCUT2D eigenvalue weighted by Crippen LogP contribution is -2.36. The molecule has 0 N–H and O–H groups in total. The first-order valence-corrected chi connectivity index (χ1v) is 7.11. The fourth-order valence-corrected chi connectivity index (χ4v) is 3.40. The van der Waals surface area contributed by atoms with E-state index in [-0.39, 0.29) is 5.78 Å². The van der Waals surface area contributed by atoms with Crippen molar-refractivity contribution >= 4 is 17.1 Å². The minimum atomic E-state index is 0.137. The summed E-state index contributed by atoms with van der Waals surface area (Å²) in [6.07, 6.45) is 3.91. The van der Waals surface area contributed by atoms with Crippen molar-refractivity contribution in [2.45, 2.75) is 52.6 Å². The largest absolute Gasteiger partial charge is 0.294 e. The van der Waals surface area contributed by atoms with E-state index in [1.807, 2.05) is 6.92 Å². The van der Waals surface area contributed by atoms with Crippen LogP contribution in [0.4, 0.5) is 0 Å². The minimum absolute atomic E-state index is 0.137. The molecule has 1 aromatic heterocycles. The average molecular weight is 252 g/mol. The summed E-state index contributed by atoms with van der Waals surface area (Å²) in [5.74, 6) is 0.137. The summed E-state index contributed by atoms with van der Waals surface area (Å²) in [5.41, 5.74) is 0.891. The summed E-state index contributed by atoms with van der Waals surface area (Å²) in [6.45, 7) is 7.89. The Hall–Kier alpha value is -0.740. The summed E-state index contributed by atoms with van der Waals surface area (Å²) in [5, 5.41) is 1.08. The molecule has 0 radical (unpaired) electrons. The van der Waals surface area contributed by atoms with Crippen LogP contribution >= 0.6 is 11.3 Å². The molecule has 0 aliphatic carbocycles. The van der Waals surface area contributed by atoms with Crippen molar-refractivity contribution in [3.05, 3.63) is 15.6 Å². The Kier molecular flexibility index (Phi) is 3.94. The molecule has 0 aromatic carbocycles. The van der Waals surface area contributed by atoms with Crippen LogP contribution in [0.5, 0.6) is 0 Å². The highest BCUT2D eigenvalue weighted by atomic mass is 32.1. The molecule has 2 heterocycles. The highest BCUT2D eigenvalue weighted by molar-refractivity contribution is 7.13. The van der Waals surface area contributed by atoms with Crippen LogP contribution in [-0.4, -0.2) is 28.3 Å². The van der Waals surface area contributed by atoms with Gasteiger partial charge in [-0.1, -0.05) is 6.42 Å². The number of nitrogens with zero attached hydrogens (tertiary/aromatic N) is 2. The third-order valence-corrected chi connectivity index (χ3v) is 4.68. The number of aryl methyl sites for hydroxylation is 1. The van der Waals surface area contributed by atoms with Gasteiger partial charge in [0.1, 0.15) is 5.01 Å². The maximum absolute atomic E-state index is 11.4. The van der Waals surface area contributed by atoms with E-state index < -0.39 is 0 Å². The molecule has 0 bridgehead atoms. The van der Waals surface area contributed by atoms with Crippen LogP contribution in [0.2, 0.25) is 0 Å². The maximum Gasteiger partial charge on any atom is 0.171 e. The number of Topliss-reactive ketones (excluding diaryl/α,β-unsaturated/α-hetero) is 1. The van der Waals surface area contributed by atoms with E-state index in [0.29, 0.717) is 6.04 Å². The number of rotatable bonds is 3. The average Bonchev–Trinajstić information content (AvgIpc) is 2.63. The Balaban J connectivity index is 2.07. The standard InChI is InChI=1S/C13H20N2OS/c1-9-6-4-5-7-15(9)8-12-14-10(2)13(17-12)11(3)16/h9H,4-8H2,1-3H3. The number of hydrogen-bond donors (Lipinski definition) is 0. The quantitative estimate of drug-likeness (QED) is 0.775. The number of likely N-dealkylation sites (tertiary alicyclic amines) is 1. The molecule has 1 aliphatic rings. The number of hydrogen-bond acceptors (Lipinski definition) is 4. The van der Waals surface area contributed by atoms with Crippen LogP contribution in [0.3, 0.4) is 0 Å². The van der Waals surface area contributed by atoms with Gasteiger partial charge in [0.25, 0.3) is 0 Å². The lowest BCUT2D eigenvalue weighted by molar-refractivity contribution is 0.102. The zero-order valence-corrected chi connectivity index (χ0v) is 11.6. The van der Waals surface area contributed by atoms with E-state index in [1.54, 1.807) is 18.3 Å². The van der Waals surface area contributed by atoms with E-state index in [1.165, 1.54) is 19.3 Å². The zero-order valence-electron chi connectivity index (χ0n) is 10.8.